The molecule has 2 aliphatic rings. The van der Waals surface area contributed by atoms with E-state index in [9.17, 15) is 4.79 Å². The normalized spacial score (nSPS) is 14.0. The van der Waals surface area contributed by atoms with Gasteiger partial charge in [0.1, 0.15) is 18.9 Å². The van der Waals surface area contributed by atoms with Crippen LogP contribution in [-0.2, 0) is 13.1 Å². The molecule has 0 fully saturated rings. The number of benzene rings is 3. The maximum absolute atomic E-state index is 13.3. The van der Waals surface area contributed by atoms with E-state index < -0.39 is 0 Å². The molecule has 2 aliphatic heterocycles. The molecule has 0 aliphatic carbocycles. The van der Waals surface area contributed by atoms with E-state index in [0.29, 0.717) is 71.6 Å². The third kappa shape index (κ3) is 3.36. The Morgan fingerprint density at radius 1 is 0.917 bits per heavy atom. The first-order valence-electron chi connectivity index (χ1n) is 11.7. The van der Waals surface area contributed by atoms with E-state index in [1.54, 1.807) is 12.1 Å². The molecule has 7 rings (SSSR count). The monoisotopic (exact) mass is 482 g/mol. The molecule has 0 saturated heterocycles. The maximum Gasteiger partial charge on any atom is 0.275 e. The van der Waals surface area contributed by atoms with Crippen LogP contribution in [0.4, 0.5) is 0 Å². The first kappa shape index (κ1) is 20.8. The molecule has 0 unspecified atom stereocenters. The van der Waals surface area contributed by atoms with Gasteiger partial charge in [-0.2, -0.15) is 0 Å². The molecule has 36 heavy (non-hydrogen) atoms. The average Bonchev–Trinajstić information content (AvgIpc) is 3.50. The van der Waals surface area contributed by atoms with E-state index in [2.05, 4.69) is 21.7 Å². The number of H-pyrrole nitrogens is 1. The summed E-state index contributed by atoms with van der Waals surface area (Å²) in [7, 11) is 0. The fourth-order valence-corrected chi connectivity index (χ4v) is 4.86. The minimum absolute atomic E-state index is 0.164. The topological polar surface area (TPSA) is 114 Å². The van der Waals surface area contributed by atoms with Gasteiger partial charge < -0.3 is 34.2 Å². The lowest BCUT2D eigenvalue weighted by molar-refractivity contribution is 0.172. The Hall–Kier alpha value is -4.50. The lowest BCUT2D eigenvalue weighted by Gasteiger charge is -2.18. The summed E-state index contributed by atoms with van der Waals surface area (Å²) in [6, 6.07) is 15.6. The van der Waals surface area contributed by atoms with Crippen LogP contribution in [0.5, 0.6) is 23.0 Å². The summed E-state index contributed by atoms with van der Waals surface area (Å²) in [6.07, 6.45) is 1.95. The van der Waals surface area contributed by atoms with Crippen LogP contribution in [0.2, 0.25) is 0 Å². The highest BCUT2D eigenvalue weighted by Gasteiger charge is 2.22. The van der Waals surface area contributed by atoms with Crippen LogP contribution in [0.1, 0.15) is 11.1 Å². The zero-order valence-corrected chi connectivity index (χ0v) is 19.2. The van der Waals surface area contributed by atoms with E-state index >= 15 is 0 Å². The van der Waals surface area contributed by atoms with Gasteiger partial charge in [-0.3, -0.25) is 4.79 Å². The summed E-state index contributed by atoms with van der Waals surface area (Å²) in [5.74, 6) is 2.53. The number of hydrogen-bond donors (Lipinski definition) is 2. The molecule has 0 amide bonds. The summed E-state index contributed by atoms with van der Waals surface area (Å²) in [5.41, 5.74) is 10.9. The van der Waals surface area contributed by atoms with Gasteiger partial charge in [-0.15, -0.1) is 0 Å². The predicted octanol–water partition coefficient (Wildman–Crippen LogP) is 3.55. The van der Waals surface area contributed by atoms with Gasteiger partial charge in [-0.05, 0) is 17.2 Å². The Kier molecular flexibility index (Phi) is 4.65. The summed E-state index contributed by atoms with van der Waals surface area (Å²) < 4.78 is 24.7. The van der Waals surface area contributed by atoms with Crippen molar-refractivity contribution in [1.29, 1.82) is 0 Å². The molecule has 3 N–H and O–H groups in total. The van der Waals surface area contributed by atoms with Crippen LogP contribution in [0.15, 0.2) is 59.5 Å². The molecule has 0 bridgehead atoms. The van der Waals surface area contributed by atoms with E-state index in [-0.39, 0.29) is 12.4 Å². The number of nitrogens with one attached hydrogen (secondary N) is 1. The van der Waals surface area contributed by atoms with Crippen molar-refractivity contribution >= 4 is 21.9 Å². The number of hydrogen-bond acceptors (Lipinski definition) is 7. The van der Waals surface area contributed by atoms with Crippen LogP contribution in [0.3, 0.4) is 0 Å². The highest BCUT2D eigenvalue weighted by Crippen LogP contribution is 2.40. The Labute approximate surface area is 205 Å². The van der Waals surface area contributed by atoms with Gasteiger partial charge in [-0.25, -0.2) is 4.98 Å². The van der Waals surface area contributed by atoms with E-state index in [1.165, 1.54) is 0 Å². The van der Waals surface area contributed by atoms with Gasteiger partial charge in [0.2, 0.25) is 6.79 Å². The highest BCUT2D eigenvalue weighted by molar-refractivity contribution is 5.98. The number of fused-ring (bicyclic) bond motifs is 4. The molecule has 2 aromatic heterocycles. The molecule has 4 heterocycles. The number of nitrogens with two attached hydrogens (primary N) is 1. The predicted molar refractivity (Wildman–Crippen MR) is 134 cm³/mol. The van der Waals surface area contributed by atoms with Gasteiger partial charge in [0.25, 0.3) is 5.56 Å². The van der Waals surface area contributed by atoms with Crippen molar-refractivity contribution < 1.29 is 18.9 Å². The SMILES string of the molecule is NCc1cccc(Cn2cc(-c3nc4cc5c(cc4[nH]c3=O)OCCO5)c3cc4c(cc32)OCO4)c1. The Morgan fingerprint density at radius 3 is 2.50 bits per heavy atom. The number of ether oxygens (including phenoxy) is 4. The number of nitrogens with zero attached hydrogens (tertiary/aromatic N) is 2. The first-order valence-corrected chi connectivity index (χ1v) is 11.7. The minimum atomic E-state index is -0.291. The summed E-state index contributed by atoms with van der Waals surface area (Å²) in [4.78, 5) is 21.0. The quantitative estimate of drug-likeness (QED) is 0.403. The number of aromatic amines is 1. The van der Waals surface area contributed by atoms with Gasteiger partial charge in [0.15, 0.2) is 23.0 Å². The van der Waals surface area contributed by atoms with E-state index in [4.69, 9.17) is 29.7 Å². The van der Waals surface area contributed by atoms with E-state index in [0.717, 1.165) is 22.0 Å². The largest absolute Gasteiger partial charge is 0.486 e. The Bertz CT molecular complexity index is 1720. The van der Waals surface area contributed by atoms with Crippen LogP contribution in [-0.4, -0.2) is 34.5 Å². The van der Waals surface area contributed by atoms with Gasteiger partial charge in [0.05, 0.1) is 16.6 Å². The number of rotatable bonds is 4. The molecule has 9 heteroatoms. The van der Waals surface area contributed by atoms with Crippen LogP contribution < -0.4 is 30.2 Å². The first-order chi connectivity index (χ1) is 17.7. The molecule has 5 aromatic rings. The van der Waals surface area contributed by atoms with Crippen molar-refractivity contribution in [3.8, 4) is 34.3 Å². The zero-order chi connectivity index (χ0) is 24.2. The summed E-state index contributed by atoms with van der Waals surface area (Å²) in [6.45, 7) is 2.17. The maximum atomic E-state index is 13.3. The summed E-state index contributed by atoms with van der Waals surface area (Å²) in [5, 5.41) is 0.851. The van der Waals surface area contributed by atoms with Crippen LogP contribution in [0, 0.1) is 0 Å². The van der Waals surface area contributed by atoms with Gasteiger partial charge in [0, 0.05) is 48.4 Å². The number of aromatic nitrogens is 3. The molecule has 9 nitrogen and oxygen atoms in total. The second kappa shape index (κ2) is 8.03. The molecule has 180 valence electrons. The van der Waals surface area contributed by atoms with Crippen molar-refractivity contribution in [2.45, 2.75) is 13.1 Å². The second-order valence-corrected chi connectivity index (χ2v) is 8.84. The molecular formula is C27H22N4O5. The lowest BCUT2D eigenvalue weighted by Crippen LogP contribution is -2.16. The molecule has 3 aromatic carbocycles. The molecule has 0 radical (unpaired) electrons. The smallest absolute Gasteiger partial charge is 0.275 e. The van der Waals surface area contributed by atoms with Crippen molar-refractivity contribution in [1.82, 2.24) is 14.5 Å². The third-order valence-corrected chi connectivity index (χ3v) is 6.57. The summed E-state index contributed by atoms with van der Waals surface area (Å²) >= 11 is 0. The highest BCUT2D eigenvalue weighted by atomic mass is 16.7. The van der Waals surface area contributed by atoms with Crippen LogP contribution >= 0.6 is 0 Å². The van der Waals surface area contributed by atoms with Crippen molar-refractivity contribution in [3.05, 3.63) is 76.2 Å². The molecular weight excluding hydrogens is 460 g/mol. The Morgan fingerprint density at radius 2 is 1.67 bits per heavy atom. The molecule has 0 spiro atoms. The van der Waals surface area contributed by atoms with Crippen molar-refractivity contribution in [2.24, 2.45) is 5.73 Å². The third-order valence-electron chi connectivity index (χ3n) is 6.57. The lowest BCUT2D eigenvalue weighted by atomic mass is 10.1. The Balaban J connectivity index is 1.42. The fraction of sp³-hybridized carbons (Fsp3) is 0.185. The fourth-order valence-electron chi connectivity index (χ4n) is 4.86. The van der Waals surface area contributed by atoms with Crippen LogP contribution in [0.25, 0.3) is 33.2 Å². The van der Waals surface area contributed by atoms with Crippen molar-refractivity contribution in [2.75, 3.05) is 20.0 Å². The van der Waals surface area contributed by atoms with Gasteiger partial charge in [-0.1, -0.05) is 24.3 Å². The van der Waals surface area contributed by atoms with E-state index in [1.807, 2.05) is 30.5 Å². The standard InChI is InChI=1S/C27H22N4O5/c28-11-15-2-1-3-16(6-15)12-31-13-18(17-7-22-25(10-21(17)31)36-14-35-22)26-27(32)30-20-9-24-23(8-19(20)29-26)33-4-5-34-24/h1-3,6-10,13H,4-5,11-12,14,28H2,(H,30,32). The van der Waals surface area contributed by atoms with Crippen molar-refractivity contribution in [3.63, 3.8) is 0 Å². The molecule has 0 atom stereocenters. The zero-order valence-electron chi connectivity index (χ0n) is 19.2. The second-order valence-electron chi connectivity index (χ2n) is 8.84. The van der Waals surface area contributed by atoms with Gasteiger partial charge >= 0.3 is 0 Å². The average molecular weight is 482 g/mol. The molecule has 0 saturated carbocycles. The minimum Gasteiger partial charge on any atom is -0.486 e.